The summed E-state index contributed by atoms with van der Waals surface area (Å²) in [5.41, 5.74) is -0.0617. The molecule has 0 bridgehead atoms. The van der Waals surface area contributed by atoms with Gasteiger partial charge in [-0.15, -0.1) is 0 Å². The van der Waals surface area contributed by atoms with Gasteiger partial charge in [0.2, 0.25) is 20.1 Å². The van der Waals surface area contributed by atoms with Crippen molar-refractivity contribution in [2.75, 3.05) is 7.11 Å². The Kier molecular flexibility index (Phi) is 5.58. The molecule has 0 saturated heterocycles. The Labute approximate surface area is 148 Å². The largest absolute Gasteiger partial charge is 0.465 e. The van der Waals surface area contributed by atoms with Gasteiger partial charge in [0.05, 0.1) is 16.9 Å². The molecule has 9 heteroatoms. The van der Waals surface area contributed by atoms with Gasteiger partial charge < -0.3 is 4.74 Å². The first-order valence-electron chi connectivity index (χ1n) is 6.43. The zero-order chi connectivity index (χ0) is 17.9. The van der Waals surface area contributed by atoms with Crippen LogP contribution in [0.1, 0.15) is 5.56 Å². The first-order valence-corrected chi connectivity index (χ1v) is 9.78. The quantitative estimate of drug-likeness (QED) is 0.417. The summed E-state index contributed by atoms with van der Waals surface area (Å²) < 4.78 is 53.0. The summed E-state index contributed by atoms with van der Waals surface area (Å²) in [7, 11) is -5.69. The summed E-state index contributed by atoms with van der Waals surface area (Å²) >= 11 is 3.22. The minimum absolute atomic E-state index is 0.0470. The van der Waals surface area contributed by atoms with Crippen molar-refractivity contribution in [3.8, 4) is 0 Å². The number of rotatable bonds is 4. The molecule has 6 nitrogen and oxygen atoms in total. The topological polar surface area (TPSA) is 94.6 Å². The van der Waals surface area contributed by atoms with Crippen LogP contribution in [0, 0.1) is 0 Å². The van der Waals surface area contributed by atoms with E-state index in [1.807, 2.05) is 0 Å². The third-order valence-corrected chi connectivity index (χ3v) is 6.10. The van der Waals surface area contributed by atoms with Crippen molar-refractivity contribution < 1.29 is 26.4 Å². The Balaban J connectivity index is 2.61. The molecule has 0 atom stereocenters. The molecule has 2 aromatic rings. The highest BCUT2D eigenvalue weighted by atomic mass is 79.9. The fraction of sp³-hybridized carbons (Fsp3) is 0.0667. The van der Waals surface area contributed by atoms with E-state index in [4.69, 9.17) is 0 Å². The summed E-state index contributed by atoms with van der Waals surface area (Å²) in [5, 5.41) is 0. The van der Waals surface area contributed by atoms with Crippen LogP contribution in [0.4, 0.5) is 0 Å². The molecular weight excluding hydrogens is 420 g/mol. The molecular formula is C15H11BrO6S2. The smallest absolute Gasteiger partial charge is 0.354 e. The maximum atomic E-state index is 12.6. The molecule has 0 saturated carbocycles. The maximum Gasteiger partial charge on any atom is 0.354 e. The second-order valence-corrected chi connectivity index (χ2v) is 8.28. The highest BCUT2D eigenvalue weighted by Crippen LogP contribution is 2.23. The molecule has 0 amide bonds. The number of halogens is 1. The van der Waals surface area contributed by atoms with Crippen LogP contribution in [0.2, 0.25) is 0 Å². The Morgan fingerprint density at radius 3 is 2.21 bits per heavy atom. The minimum Gasteiger partial charge on any atom is -0.465 e. The van der Waals surface area contributed by atoms with E-state index in [2.05, 4.69) is 20.7 Å². The molecule has 0 radical (unpaired) electrons. The lowest BCUT2D eigenvalue weighted by Gasteiger charge is -2.07. The van der Waals surface area contributed by atoms with Crippen LogP contribution in [0.25, 0.3) is 0 Å². The van der Waals surface area contributed by atoms with Crippen molar-refractivity contribution in [1.82, 2.24) is 0 Å². The van der Waals surface area contributed by atoms with E-state index in [1.54, 1.807) is 12.1 Å². The third kappa shape index (κ3) is 3.74. The highest BCUT2D eigenvalue weighted by Gasteiger charge is 2.22. The molecule has 126 valence electrons. The van der Waals surface area contributed by atoms with Gasteiger partial charge in [0, 0.05) is 10.0 Å². The molecule has 0 heterocycles. The predicted molar refractivity (Wildman–Crippen MR) is 91.1 cm³/mol. The van der Waals surface area contributed by atoms with Crippen LogP contribution >= 0.6 is 15.9 Å². The SMILES string of the molecule is COC(=O)C(c1cccc(S(=O)(=O)c2ccc(Br)cc2)c1)=S(=O)=O. The molecule has 0 spiro atoms. The molecule has 0 N–H and O–H groups in total. The highest BCUT2D eigenvalue weighted by molar-refractivity contribution is 9.10. The summed E-state index contributed by atoms with van der Waals surface area (Å²) in [4.78, 5) is 10.9. The van der Waals surface area contributed by atoms with Crippen LogP contribution in [-0.4, -0.2) is 34.8 Å². The number of hydrogen-bond acceptors (Lipinski definition) is 6. The number of carbonyl (C=O) groups is 1. The number of benzene rings is 2. The monoisotopic (exact) mass is 430 g/mol. The molecule has 0 aliphatic rings. The molecule has 24 heavy (non-hydrogen) atoms. The van der Waals surface area contributed by atoms with Gasteiger partial charge in [-0.2, -0.15) is 8.42 Å². The van der Waals surface area contributed by atoms with Gasteiger partial charge in [0.1, 0.15) is 0 Å². The summed E-state index contributed by atoms with van der Waals surface area (Å²) in [6.07, 6.45) is 0. The van der Waals surface area contributed by atoms with E-state index in [9.17, 15) is 21.6 Å². The van der Waals surface area contributed by atoms with Crippen molar-refractivity contribution in [1.29, 1.82) is 0 Å². The lowest BCUT2D eigenvalue weighted by atomic mass is 10.1. The number of esters is 1. The number of ether oxygens (including phenoxy) is 1. The molecule has 0 unspecified atom stereocenters. The summed E-state index contributed by atoms with van der Waals surface area (Å²) in [5.74, 6) is -1.07. The fourth-order valence-corrected chi connectivity index (χ4v) is 4.04. The molecule has 0 aliphatic carbocycles. The van der Waals surface area contributed by atoms with Gasteiger partial charge >= 0.3 is 5.97 Å². The van der Waals surface area contributed by atoms with Gasteiger partial charge in [-0.25, -0.2) is 13.2 Å². The van der Waals surface area contributed by atoms with Crippen molar-refractivity contribution >= 4 is 46.9 Å². The second-order valence-electron chi connectivity index (χ2n) is 4.54. The van der Waals surface area contributed by atoms with E-state index in [0.29, 0.717) is 0 Å². The second kappa shape index (κ2) is 7.29. The average Bonchev–Trinajstić information content (AvgIpc) is 2.55. The van der Waals surface area contributed by atoms with Crippen LogP contribution in [-0.2, 0) is 29.7 Å². The zero-order valence-electron chi connectivity index (χ0n) is 12.3. The summed E-state index contributed by atoms with van der Waals surface area (Å²) in [6, 6.07) is 11.1. The molecule has 2 aromatic carbocycles. The first-order chi connectivity index (χ1) is 11.3. The number of methoxy groups -OCH3 is 1. The fourth-order valence-electron chi connectivity index (χ4n) is 1.93. The number of carbonyl (C=O) groups excluding carboxylic acids is 1. The van der Waals surface area contributed by atoms with Crippen LogP contribution < -0.4 is 0 Å². The molecule has 2 rings (SSSR count). The number of sulfone groups is 1. The Bertz CT molecular complexity index is 1010. The Hall–Kier alpha value is -1.97. The normalized spacial score (nSPS) is 10.9. The van der Waals surface area contributed by atoms with Gasteiger partial charge in [-0.3, -0.25) is 0 Å². The van der Waals surface area contributed by atoms with E-state index in [1.165, 1.54) is 30.3 Å². The van der Waals surface area contributed by atoms with Crippen molar-refractivity contribution in [3.05, 3.63) is 58.6 Å². The van der Waals surface area contributed by atoms with Crippen LogP contribution in [0.15, 0.2) is 62.8 Å². The van der Waals surface area contributed by atoms with Gasteiger partial charge in [0.25, 0.3) is 0 Å². The summed E-state index contributed by atoms with van der Waals surface area (Å²) in [6.45, 7) is 0. The minimum atomic E-state index is -3.86. The molecule has 0 aromatic heterocycles. The predicted octanol–water partition coefficient (Wildman–Crippen LogP) is 1.85. The van der Waals surface area contributed by atoms with Crippen molar-refractivity contribution in [2.45, 2.75) is 9.79 Å². The lowest BCUT2D eigenvalue weighted by molar-refractivity contribution is -0.132. The Morgan fingerprint density at radius 1 is 1.04 bits per heavy atom. The van der Waals surface area contributed by atoms with Gasteiger partial charge in [-0.05, 0) is 36.4 Å². The Morgan fingerprint density at radius 2 is 1.67 bits per heavy atom. The standard InChI is InChI=1S/C15H11BrO6S2/c1-22-15(17)14(23(18)19)10-3-2-4-13(9-10)24(20,21)12-7-5-11(16)6-8-12/h2-9H,1H3. The maximum absolute atomic E-state index is 12.6. The van der Waals surface area contributed by atoms with Gasteiger partial charge in [-0.1, -0.05) is 28.1 Å². The van der Waals surface area contributed by atoms with Crippen LogP contribution in [0.3, 0.4) is 0 Å². The molecule has 0 aliphatic heterocycles. The third-order valence-electron chi connectivity index (χ3n) is 3.07. The first kappa shape index (κ1) is 18.4. The van der Waals surface area contributed by atoms with E-state index >= 15 is 0 Å². The van der Waals surface area contributed by atoms with Crippen LogP contribution in [0.5, 0.6) is 0 Å². The van der Waals surface area contributed by atoms with Crippen molar-refractivity contribution in [2.24, 2.45) is 0 Å². The molecule has 0 fully saturated rings. The lowest BCUT2D eigenvalue weighted by Crippen LogP contribution is -2.18. The van der Waals surface area contributed by atoms with E-state index < -0.39 is 31.0 Å². The van der Waals surface area contributed by atoms with E-state index in [-0.39, 0.29) is 15.4 Å². The zero-order valence-corrected chi connectivity index (χ0v) is 15.5. The van der Waals surface area contributed by atoms with E-state index in [0.717, 1.165) is 17.6 Å². The van der Waals surface area contributed by atoms with Gasteiger partial charge in [0.15, 0.2) is 4.86 Å². The number of hydrogen-bond donors (Lipinski definition) is 0. The average molecular weight is 431 g/mol. The van der Waals surface area contributed by atoms with Crippen molar-refractivity contribution in [3.63, 3.8) is 0 Å².